The van der Waals surface area contributed by atoms with Gasteiger partial charge < -0.3 is 14.7 Å². The van der Waals surface area contributed by atoms with Crippen LogP contribution in [-0.2, 0) is 0 Å². The Morgan fingerprint density at radius 3 is 2.76 bits per heavy atom. The molecular formula is C17H19N2O2+. The van der Waals surface area contributed by atoms with E-state index in [4.69, 9.17) is 4.42 Å². The Hall–Kier alpha value is -2.33. The molecule has 0 saturated carbocycles. The minimum absolute atomic E-state index is 0.115. The summed E-state index contributed by atoms with van der Waals surface area (Å²) in [4.78, 5) is 15.8. The fraction of sp³-hybridized carbons (Fsp3) is 0.235. The number of aromatic nitrogens is 1. The number of carbonyl (C=O) groups is 1. The maximum Gasteiger partial charge on any atom is 0.221 e. The van der Waals surface area contributed by atoms with Crippen LogP contribution in [0.1, 0.15) is 36.0 Å². The third kappa shape index (κ3) is 2.62. The number of fused-ring (bicyclic) bond motifs is 1. The fourth-order valence-electron chi connectivity index (χ4n) is 2.69. The molecule has 0 bridgehead atoms. The minimum atomic E-state index is -0.163. The first-order chi connectivity index (χ1) is 10.2. The van der Waals surface area contributed by atoms with Gasteiger partial charge in [-0.05, 0) is 32.0 Å². The topological polar surface area (TPSA) is 62.6 Å². The summed E-state index contributed by atoms with van der Waals surface area (Å²) in [6.07, 6.45) is 3.46. The normalized spacial score (nSPS) is 14.2. The second kappa shape index (κ2) is 5.58. The Labute approximate surface area is 123 Å². The van der Waals surface area contributed by atoms with E-state index in [0.717, 1.165) is 22.2 Å². The first kappa shape index (κ1) is 13.6. The lowest BCUT2D eigenvalue weighted by molar-refractivity contribution is -0.710. The first-order valence-corrected chi connectivity index (χ1v) is 7.15. The molecule has 3 rings (SSSR count). The van der Waals surface area contributed by atoms with Gasteiger partial charge in [0, 0.05) is 22.7 Å². The summed E-state index contributed by atoms with van der Waals surface area (Å²) in [5.41, 5.74) is 1.74. The molecule has 3 N–H and O–H groups in total. The molecule has 0 aliphatic rings. The number of benzene rings is 1. The maximum absolute atomic E-state index is 12.6. The maximum atomic E-state index is 12.6. The molecule has 4 heteroatoms. The van der Waals surface area contributed by atoms with Crippen LogP contribution in [0.2, 0.25) is 0 Å². The number of H-pyrrole nitrogens is 1. The fourth-order valence-corrected chi connectivity index (χ4v) is 2.69. The van der Waals surface area contributed by atoms with Crippen molar-refractivity contribution in [2.45, 2.75) is 25.9 Å². The average Bonchev–Trinajstić information content (AvgIpc) is 3.15. The van der Waals surface area contributed by atoms with Crippen molar-refractivity contribution in [2.24, 2.45) is 0 Å². The van der Waals surface area contributed by atoms with E-state index in [1.54, 1.807) is 12.5 Å². The van der Waals surface area contributed by atoms with Crippen LogP contribution in [0.3, 0.4) is 0 Å². The molecule has 1 aromatic carbocycles. The number of furan rings is 1. The van der Waals surface area contributed by atoms with Gasteiger partial charge in [-0.2, -0.15) is 0 Å². The predicted octanol–water partition coefficient (Wildman–Crippen LogP) is 2.66. The summed E-state index contributed by atoms with van der Waals surface area (Å²) in [6, 6.07) is 11.6. The van der Waals surface area contributed by atoms with Crippen molar-refractivity contribution < 1.29 is 14.5 Å². The Kier molecular flexibility index (Phi) is 3.62. The Morgan fingerprint density at radius 1 is 1.19 bits per heavy atom. The molecule has 0 unspecified atom stereocenters. The van der Waals surface area contributed by atoms with Crippen LogP contribution in [0.15, 0.2) is 53.3 Å². The summed E-state index contributed by atoms with van der Waals surface area (Å²) in [5, 5.41) is 3.01. The summed E-state index contributed by atoms with van der Waals surface area (Å²) in [6.45, 7) is 3.97. The standard InChI is InChI=1S/C17H18N2O2/c1-11(16-8-5-9-21-16)19-12(2)17(20)14-10-18-15-7-4-3-6-13(14)15/h3-12,18-19H,1-2H3/p+1/t11-,12+/m0/s1. The summed E-state index contributed by atoms with van der Waals surface area (Å²) < 4.78 is 5.39. The van der Waals surface area contributed by atoms with E-state index in [1.807, 2.05) is 55.6 Å². The van der Waals surface area contributed by atoms with Gasteiger partial charge in [0.25, 0.3) is 0 Å². The highest BCUT2D eigenvalue weighted by atomic mass is 16.3. The van der Waals surface area contributed by atoms with Gasteiger partial charge in [0.05, 0.1) is 6.26 Å². The smallest absolute Gasteiger partial charge is 0.221 e. The number of nitrogens with one attached hydrogen (secondary N) is 1. The largest absolute Gasteiger partial charge is 0.463 e. The van der Waals surface area contributed by atoms with E-state index < -0.39 is 0 Å². The molecule has 2 atom stereocenters. The molecule has 2 aromatic heterocycles. The Morgan fingerprint density at radius 2 is 2.00 bits per heavy atom. The number of carbonyl (C=O) groups excluding carboxylic acids is 1. The number of ketones is 1. The van der Waals surface area contributed by atoms with Crippen LogP contribution in [0.5, 0.6) is 0 Å². The number of nitrogens with two attached hydrogens (primary N) is 1. The molecule has 0 amide bonds. The van der Waals surface area contributed by atoms with E-state index >= 15 is 0 Å². The van der Waals surface area contributed by atoms with Crippen LogP contribution in [0.25, 0.3) is 10.9 Å². The number of aromatic amines is 1. The molecule has 0 saturated heterocycles. The lowest BCUT2D eigenvalue weighted by atomic mass is 10.0. The zero-order valence-corrected chi connectivity index (χ0v) is 12.2. The van der Waals surface area contributed by atoms with E-state index in [-0.39, 0.29) is 17.9 Å². The highest BCUT2D eigenvalue weighted by Crippen LogP contribution is 2.19. The lowest BCUT2D eigenvalue weighted by Crippen LogP contribution is -2.91. The van der Waals surface area contributed by atoms with Crippen LogP contribution < -0.4 is 5.32 Å². The molecule has 0 fully saturated rings. The second-order valence-corrected chi connectivity index (χ2v) is 5.40. The first-order valence-electron chi connectivity index (χ1n) is 7.15. The highest BCUT2D eigenvalue weighted by molar-refractivity contribution is 6.09. The molecule has 0 aliphatic heterocycles. The lowest BCUT2D eigenvalue weighted by Gasteiger charge is -2.14. The van der Waals surface area contributed by atoms with Crippen LogP contribution in [0.4, 0.5) is 0 Å². The molecule has 0 radical (unpaired) electrons. The van der Waals surface area contributed by atoms with E-state index in [0.29, 0.717) is 0 Å². The van der Waals surface area contributed by atoms with Gasteiger partial charge in [0.15, 0.2) is 5.76 Å². The van der Waals surface area contributed by atoms with Gasteiger partial charge >= 0.3 is 0 Å². The number of para-hydroxylation sites is 1. The molecule has 2 heterocycles. The van der Waals surface area contributed by atoms with Crippen LogP contribution in [0, 0.1) is 0 Å². The molecular weight excluding hydrogens is 264 g/mol. The molecule has 21 heavy (non-hydrogen) atoms. The predicted molar refractivity (Wildman–Crippen MR) is 81.1 cm³/mol. The summed E-state index contributed by atoms with van der Waals surface area (Å²) >= 11 is 0. The Bertz CT molecular complexity index is 743. The monoisotopic (exact) mass is 283 g/mol. The second-order valence-electron chi connectivity index (χ2n) is 5.40. The summed E-state index contributed by atoms with van der Waals surface area (Å²) in [7, 11) is 0. The number of Topliss-reactive ketones (excluding diaryl/α,β-unsaturated/α-hetero) is 1. The molecule has 0 aliphatic carbocycles. The van der Waals surface area contributed by atoms with Crippen molar-refractivity contribution in [3.8, 4) is 0 Å². The third-order valence-electron chi connectivity index (χ3n) is 3.84. The molecule has 3 aromatic rings. The van der Waals surface area contributed by atoms with Gasteiger partial charge in [0.1, 0.15) is 12.1 Å². The van der Waals surface area contributed by atoms with Crippen molar-refractivity contribution in [3.63, 3.8) is 0 Å². The number of rotatable bonds is 5. The number of hydrogen-bond donors (Lipinski definition) is 2. The van der Waals surface area contributed by atoms with E-state index in [2.05, 4.69) is 4.98 Å². The van der Waals surface area contributed by atoms with Crippen LogP contribution in [-0.4, -0.2) is 16.8 Å². The van der Waals surface area contributed by atoms with Crippen molar-refractivity contribution in [1.29, 1.82) is 0 Å². The zero-order valence-electron chi connectivity index (χ0n) is 12.2. The van der Waals surface area contributed by atoms with Crippen molar-refractivity contribution in [3.05, 3.63) is 60.2 Å². The average molecular weight is 283 g/mol. The van der Waals surface area contributed by atoms with Gasteiger partial charge in [0.2, 0.25) is 5.78 Å². The number of hydrogen-bond acceptors (Lipinski definition) is 2. The van der Waals surface area contributed by atoms with Crippen LogP contribution >= 0.6 is 0 Å². The Balaban J connectivity index is 1.78. The van der Waals surface area contributed by atoms with Gasteiger partial charge in [-0.15, -0.1) is 0 Å². The molecule has 0 spiro atoms. The van der Waals surface area contributed by atoms with E-state index in [9.17, 15) is 4.79 Å². The minimum Gasteiger partial charge on any atom is -0.463 e. The molecule has 4 nitrogen and oxygen atoms in total. The summed E-state index contributed by atoms with van der Waals surface area (Å²) in [5.74, 6) is 1.01. The highest BCUT2D eigenvalue weighted by Gasteiger charge is 2.24. The quantitative estimate of drug-likeness (QED) is 0.707. The van der Waals surface area contributed by atoms with Crippen molar-refractivity contribution in [1.82, 2.24) is 4.98 Å². The SMILES string of the molecule is C[C@H]([NH2+][C@H](C)C(=O)c1c[nH]c2ccccc12)c1ccco1. The van der Waals surface area contributed by atoms with Gasteiger partial charge in [-0.3, -0.25) is 4.79 Å². The number of quaternary nitrogens is 1. The third-order valence-corrected chi connectivity index (χ3v) is 3.84. The van der Waals surface area contributed by atoms with E-state index in [1.165, 1.54) is 0 Å². The van der Waals surface area contributed by atoms with Crippen molar-refractivity contribution >= 4 is 16.7 Å². The van der Waals surface area contributed by atoms with Gasteiger partial charge in [-0.1, -0.05) is 18.2 Å². The molecule has 108 valence electrons. The van der Waals surface area contributed by atoms with Crippen molar-refractivity contribution in [2.75, 3.05) is 0 Å². The van der Waals surface area contributed by atoms with Gasteiger partial charge in [-0.25, -0.2) is 0 Å². The zero-order chi connectivity index (χ0) is 14.8.